The molecule has 0 bridgehead atoms. The fourth-order valence-corrected chi connectivity index (χ4v) is 6.20. The molecule has 3 aromatic carbocycles. The Kier molecular flexibility index (Phi) is 15.2. The summed E-state index contributed by atoms with van der Waals surface area (Å²) in [5, 5.41) is 3.14. The molecule has 11 heteroatoms. The van der Waals surface area contributed by atoms with E-state index in [0.717, 1.165) is 22.9 Å². The maximum atomic E-state index is 14.3. The summed E-state index contributed by atoms with van der Waals surface area (Å²) in [5.74, 6) is -1.74. The van der Waals surface area contributed by atoms with E-state index in [1.54, 1.807) is 63.3 Å². The number of aliphatic imine (C=N–C) groups is 1. The van der Waals surface area contributed by atoms with Crippen molar-refractivity contribution in [3.8, 4) is 11.5 Å². The molecule has 10 nitrogen and oxygen atoms in total. The first kappa shape index (κ1) is 39.8. The van der Waals surface area contributed by atoms with Crippen molar-refractivity contribution in [1.82, 2.24) is 10.2 Å². The Morgan fingerprint density at radius 1 is 0.962 bits per heavy atom. The minimum absolute atomic E-state index is 0.0511. The molecule has 0 saturated heterocycles. The number of amidine groups is 1. The lowest BCUT2D eigenvalue weighted by Gasteiger charge is -2.28. The van der Waals surface area contributed by atoms with Gasteiger partial charge < -0.3 is 19.5 Å². The van der Waals surface area contributed by atoms with Crippen LogP contribution in [0.2, 0.25) is 0 Å². The zero-order valence-corrected chi connectivity index (χ0v) is 30.9. The Hall–Kier alpha value is -5.94. The zero-order chi connectivity index (χ0) is 38.2. The number of hydrogen-bond acceptors (Lipinski definition) is 8. The van der Waals surface area contributed by atoms with Crippen LogP contribution in [0.25, 0.3) is 6.08 Å². The molecule has 0 aliphatic carbocycles. The molecule has 1 aliphatic heterocycles. The lowest BCUT2D eigenvalue weighted by molar-refractivity contribution is -0.145. The first-order valence-electron chi connectivity index (χ1n) is 17.1. The summed E-state index contributed by atoms with van der Waals surface area (Å²) >= 11 is 0.979. The van der Waals surface area contributed by atoms with Gasteiger partial charge in [0.15, 0.2) is 23.3 Å². The van der Waals surface area contributed by atoms with E-state index in [-0.39, 0.29) is 42.2 Å². The topological polar surface area (TPSA) is 124 Å². The van der Waals surface area contributed by atoms with Crippen molar-refractivity contribution < 1.29 is 33.4 Å². The fourth-order valence-electron chi connectivity index (χ4n) is 5.39. The number of allylic oxidation sites excluding steroid dienone is 5. The van der Waals surface area contributed by atoms with Gasteiger partial charge in [-0.3, -0.25) is 19.3 Å². The highest BCUT2D eigenvalue weighted by Crippen LogP contribution is 2.36. The average molecular weight is 734 g/mol. The summed E-state index contributed by atoms with van der Waals surface area (Å²) in [5.41, 5.74) is 3.12. The van der Waals surface area contributed by atoms with E-state index in [0.29, 0.717) is 34.7 Å². The molecule has 1 aliphatic rings. The first-order chi connectivity index (χ1) is 25.7. The molecule has 0 aromatic heterocycles. The van der Waals surface area contributed by atoms with E-state index >= 15 is 0 Å². The number of ether oxygens (including phenoxy) is 3. The molecule has 0 unspecified atom stereocenters. The molecule has 274 valence electrons. The first-order valence-corrected chi connectivity index (χ1v) is 18.1. The third-order valence-corrected chi connectivity index (χ3v) is 8.62. The summed E-state index contributed by atoms with van der Waals surface area (Å²) in [7, 11) is 0. The van der Waals surface area contributed by atoms with Gasteiger partial charge in [-0.1, -0.05) is 103 Å². The van der Waals surface area contributed by atoms with Crippen LogP contribution in [0.3, 0.4) is 0 Å². The molecule has 0 radical (unpaired) electrons. The van der Waals surface area contributed by atoms with Gasteiger partial charge in [-0.2, -0.15) is 4.99 Å². The largest absolute Gasteiger partial charge is 0.490 e. The molecule has 0 atom stereocenters. The van der Waals surface area contributed by atoms with Gasteiger partial charge in [-0.15, -0.1) is 6.58 Å². The fraction of sp³-hybridized carbons (Fsp3) is 0.214. The quantitative estimate of drug-likeness (QED) is 0.0511. The lowest BCUT2D eigenvalue weighted by atomic mass is 9.99. The maximum Gasteiger partial charge on any atom is 0.344 e. The van der Waals surface area contributed by atoms with Crippen molar-refractivity contribution in [2.75, 3.05) is 25.6 Å². The molecular formula is C42H43N3O7S. The number of nitrogens with one attached hydrogen (secondary N) is 1. The second-order valence-corrected chi connectivity index (χ2v) is 12.3. The lowest BCUT2D eigenvalue weighted by Crippen LogP contribution is -2.42. The zero-order valence-electron chi connectivity index (χ0n) is 30.1. The summed E-state index contributed by atoms with van der Waals surface area (Å²) in [6.45, 7) is 13.0. The molecule has 0 fully saturated rings. The minimum atomic E-state index is -0.769. The molecule has 4 rings (SSSR count). The Bertz CT molecular complexity index is 1890. The smallest absolute Gasteiger partial charge is 0.344 e. The maximum absolute atomic E-state index is 14.3. The second kappa shape index (κ2) is 20.2. The Balaban J connectivity index is 1.68. The van der Waals surface area contributed by atoms with Gasteiger partial charge in [0.2, 0.25) is 5.91 Å². The van der Waals surface area contributed by atoms with Crippen LogP contribution in [0.15, 0.2) is 133 Å². The third kappa shape index (κ3) is 10.8. The predicted molar refractivity (Wildman–Crippen MR) is 209 cm³/mol. The predicted octanol–water partition coefficient (Wildman–Crippen LogP) is 7.15. The van der Waals surface area contributed by atoms with Crippen LogP contribution in [0.4, 0.5) is 0 Å². The Morgan fingerprint density at radius 3 is 2.23 bits per heavy atom. The van der Waals surface area contributed by atoms with Crippen molar-refractivity contribution in [3.63, 3.8) is 0 Å². The van der Waals surface area contributed by atoms with Gasteiger partial charge in [0, 0.05) is 11.3 Å². The van der Waals surface area contributed by atoms with Crippen molar-refractivity contribution in [2.24, 2.45) is 4.99 Å². The summed E-state index contributed by atoms with van der Waals surface area (Å²) < 4.78 is 16.7. The van der Waals surface area contributed by atoms with Gasteiger partial charge in [0.05, 0.1) is 25.0 Å². The van der Waals surface area contributed by atoms with Crippen LogP contribution in [-0.2, 0) is 30.3 Å². The summed E-state index contributed by atoms with van der Waals surface area (Å²) in [6, 6.07) is 22.1. The van der Waals surface area contributed by atoms with E-state index in [1.807, 2.05) is 60.7 Å². The SMILES string of the molecule is C=C/C=C\C(=C/C)N1C(=O)/C(=C/c2cc(CC=C)c(OCC(=O)OCC)c(OCC)c2)C(=O)N=C1SCC(=O)NC(c1ccccc1)c1ccccc1. The van der Waals surface area contributed by atoms with E-state index in [4.69, 9.17) is 14.2 Å². The monoisotopic (exact) mass is 733 g/mol. The highest BCUT2D eigenvalue weighted by Gasteiger charge is 2.35. The van der Waals surface area contributed by atoms with Crippen LogP contribution in [0, 0.1) is 0 Å². The van der Waals surface area contributed by atoms with Gasteiger partial charge in [-0.25, -0.2) is 4.79 Å². The second-order valence-electron chi connectivity index (χ2n) is 11.3. The van der Waals surface area contributed by atoms with Crippen LogP contribution < -0.4 is 14.8 Å². The molecule has 0 spiro atoms. The van der Waals surface area contributed by atoms with Gasteiger partial charge in [0.25, 0.3) is 11.8 Å². The minimum Gasteiger partial charge on any atom is -0.490 e. The molecular weight excluding hydrogens is 691 g/mol. The summed E-state index contributed by atoms with van der Waals surface area (Å²) in [4.78, 5) is 59.0. The molecule has 3 aromatic rings. The third-order valence-electron chi connectivity index (χ3n) is 7.68. The van der Waals surface area contributed by atoms with Crippen LogP contribution in [-0.4, -0.2) is 59.3 Å². The normalized spacial score (nSPS) is 14.0. The average Bonchev–Trinajstić information content (AvgIpc) is 3.16. The highest BCUT2D eigenvalue weighted by molar-refractivity contribution is 8.14. The number of rotatable bonds is 17. The van der Waals surface area contributed by atoms with Crippen molar-refractivity contribution in [2.45, 2.75) is 33.2 Å². The number of amides is 3. The summed E-state index contributed by atoms with van der Waals surface area (Å²) in [6.07, 6.45) is 10.0. The molecule has 53 heavy (non-hydrogen) atoms. The Morgan fingerprint density at radius 2 is 1.64 bits per heavy atom. The van der Waals surface area contributed by atoms with Gasteiger partial charge >= 0.3 is 5.97 Å². The number of nitrogens with zero attached hydrogens (tertiary/aromatic N) is 2. The number of esters is 1. The number of carbonyl (C=O) groups excluding carboxylic acids is 4. The van der Waals surface area contributed by atoms with E-state index in [1.165, 1.54) is 11.0 Å². The molecule has 1 N–H and O–H groups in total. The molecule has 0 saturated carbocycles. The van der Waals surface area contributed by atoms with Crippen LogP contribution in [0.1, 0.15) is 49.1 Å². The van der Waals surface area contributed by atoms with Gasteiger partial charge in [-0.05, 0) is 68.2 Å². The Labute approximate surface area is 314 Å². The van der Waals surface area contributed by atoms with Crippen molar-refractivity contribution >= 4 is 46.7 Å². The number of thioether (sulfide) groups is 1. The standard InChI is InChI=1S/C42H43N3O7S/c1-6-11-23-33(8-3)45-41(49)34(25-29-24-32(18-7-2)39(35(26-29)50-9-4)52-27-37(47)51-10-5)40(48)44-42(45)53-28-36(46)43-38(30-19-14-12-15-20-30)31-21-16-13-17-22-31/h6-8,11-17,19-26,38H,1-2,9-10,18,27-28H2,3-5H3,(H,43,46)/b23-11-,33-8+,34-25+. The number of benzene rings is 3. The van der Waals surface area contributed by atoms with Crippen LogP contribution >= 0.6 is 11.8 Å². The van der Waals surface area contributed by atoms with E-state index in [9.17, 15) is 19.2 Å². The van der Waals surface area contributed by atoms with Crippen molar-refractivity contribution in [1.29, 1.82) is 0 Å². The van der Waals surface area contributed by atoms with Crippen molar-refractivity contribution in [3.05, 3.63) is 150 Å². The van der Waals surface area contributed by atoms with E-state index in [2.05, 4.69) is 23.5 Å². The van der Waals surface area contributed by atoms with Gasteiger partial charge in [0.1, 0.15) is 5.57 Å². The van der Waals surface area contributed by atoms with E-state index < -0.39 is 23.8 Å². The van der Waals surface area contributed by atoms with Crippen LogP contribution in [0.5, 0.6) is 11.5 Å². The molecule has 3 amide bonds. The highest BCUT2D eigenvalue weighted by atomic mass is 32.2. The number of carbonyl (C=O) groups is 4. The molecule has 1 heterocycles. The number of hydrogen-bond donors (Lipinski definition) is 1.